The van der Waals surface area contributed by atoms with Crippen molar-refractivity contribution in [2.24, 2.45) is 0 Å². The van der Waals surface area contributed by atoms with Gasteiger partial charge in [0.25, 0.3) is 0 Å². The smallest absolute Gasteiger partial charge is 0.161 e. The highest BCUT2D eigenvalue weighted by Crippen LogP contribution is 2.04. The minimum atomic E-state index is -1.34. The second kappa shape index (κ2) is 5.44. The quantitative estimate of drug-likeness (QED) is 0.773. The number of hydrogen-bond acceptors (Lipinski definition) is 3. The van der Waals surface area contributed by atoms with Crippen LogP contribution in [0.1, 0.15) is 12.5 Å². The molecule has 1 aromatic rings. The van der Waals surface area contributed by atoms with Gasteiger partial charge in [-0.05, 0) is 12.5 Å². The summed E-state index contributed by atoms with van der Waals surface area (Å²) in [5.74, 6) is -0.444. The summed E-state index contributed by atoms with van der Waals surface area (Å²) in [7, 11) is 0. The Labute approximate surface area is 88.7 Å². The molecule has 1 rings (SSSR count). The summed E-state index contributed by atoms with van der Waals surface area (Å²) in [5.41, 5.74) is 0.910. The summed E-state index contributed by atoms with van der Waals surface area (Å²) in [6.45, 7) is 1.24. The first kappa shape index (κ1) is 11.6. The molecule has 15 heavy (non-hydrogen) atoms. The summed E-state index contributed by atoms with van der Waals surface area (Å²) >= 11 is 0. The number of hydrogen-bond donors (Lipinski definition) is 2. The Morgan fingerprint density at radius 1 is 1.27 bits per heavy atom. The maximum Gasteiger partial charge on any atom is 0.161 e. The van der Waals surface area contributed by atoms with Crippen LogP contribution in [0.2, 0.25) is 0 Å². The lowest BCUT2D eigenvalue weighted by Crippen LogP contribution is -2.30. The number of aliphatic hydroxyl groups excluding tert-OH is 2. The van der Waals surface area contributed by atoms with Gasteiger partial charge in [-0.15, -0.1) is 0 Å². The third kappa shape index (κ3) is 3.65. The van der Waals surface area contributed by atoms with Gasteiger partial charge in [0.05, 0.1) is 0 Å². The third-order valence-electron chi connectivity index (χ3n) is 2.03. The largest absolute Gasteiger partial charge is 0.386 e. The molecule has 0 heterocycles. The van der Waals surface area contributed by atoms with E-state index < -0.39 is 18.0 Å². The van der Waals surface area contributed by atoms with E-state index in [4.69, 9.17) is 0 Å². The van der Waals surface area contributed by atoms with Crippen molar-refractivity contribution in [1.82, 2.24) is 0 Å². The summed E-state index contributed by atoms with van der Waals surface area (Å²) < 4.78 is 0. The Morgan fingerprint density at radius 3 is 2.40 bits per heavy atom. The van der Waals surface area contributed by atoms with E-state index in [1.54, 1.807) is 6.08 Å². The van der Waals surface area contributed by atoms with Crippen molar-refractivity contribution >= 4 is 11.9 Å². The van der Waals surface area contributed by atoms with E-state index >= 15 is 0 Å². The van der Waals surface area contributed by atoms with Gasteiger partial charge in [-0.3, -0.25) is 4.79 Å². The van der Waals surface area contributed by atoms with E-state index in [-0.39, 0.29) is 0 Å². The number of carbonyl (C=O) groups is 1. The van der Waals surface area contributed by atoms with E-state index in [0.717, 1.165) is 5.56 Å². The molecule has 1 aromatic carbocycles. The summed E-state index contributed by atoms with van der Waals surface area (Å²) in [5, 5.41) is 18.6. The van der Waals surface area contributed by atoms with Crippen LogP contribution in [0.5, 0.6) is 0 Å². The van der Waals surface area contributed by atoms with E-state index in [1.807, 2.05) is 30.3 Å². The van der Waals surface area contributed by atoms with Gasteiger partial charge in [0.1, 0.15) is 12.2 Å². The molecular weight excluding hydrogens is 192 g/mol. The molecule has 0 saturated carbocycles. The normalized spacial score (nSPS) is 15.1. The van der Waals surface area contributed by atoms with Crippen molar-refractivity contribution in [2.75, 3.05) is 0 Å². The fourth-order valence-electron chi connectivity index (χ4n) is 1.12. The lowest BCUT2D eigenvalue weighted by atomic mass is 10.1. The molecule has 0 unspecified atom stereocenters. The van der Waals surface area contributed by atoms with E-state index in [2.05, 4.69) is 0 Å². The van der Waals surface area contributed by atoms with Gasteiger partial charge in [-0.25, -0.2) is 0 Å². The molecule has 80 valence electrons. The molecule has 0 radical (unpaired) electrons. The zero-order chi connectivity index (χ0) is 11.3. The Balaban J connectivity index is 2.62. The van der Waals surface area contributed by atoms with E-state index in [0.29, 0.717) is 0 Å². The van der Waals surface area contributed by atoms with Gasteiger partial charge in [0.2, 0.25) is 0 Å². The van der Waals surface area contributed by atoms with Crippen LogP contribution < -0.4 is 0 Å². The Hall–Kier alpha value is -1.45. The molecule has 3 heteroatoms. The van der Waals surface area contributed by atoms with E-state index in [9.17, 15) is 15.0 Å². The van der Waals surface area contributed by atoms with Crippen LogP contribution in [0.25, 0.3) is 6.08 Å². The maximum absolute atomic E-state index is 10.8. The number of carbonyl (C=O) groups excluding carboxylic acids is 1. The van der Waals surface area contributed by atoms with Crippen molar-refractivity contribution in [3.05, 3.63) is 42.0 Å². The molecule has 0 aliphatic rings. The van der Waals surface area contributed by atoms with Gasteiger partial charge in [0, 0.05) is 0 Å². The fourth-order valence-corrected chi connectivity index (χ4v) is 1.12. The van der Waals surface area contributed by atoms with Crippen molar-refractivity contribution in [3.63, 3.8) is 0 Å². The van der Waals surface area contributed by atoms with Crippen molar-refractivity contribution in [1.29, 1.82) is 0 Å². The highest BCUT2D eigenvalue weighted by molar-refractivity contribution is 5.81. The van der Waals surface area contributed by atoms with Crippen LogP contribution in [0, 0.1) is 0 Å². The second-order valence-corrected chi connectivity index (χ2v) is 3.32. The molecule has 0 spiro atoms. The Bertz CT molecular complexity index is 343. The molecule has 0 aromatic heterocycles. The predicted molar refractivity (Wildman–Crippen MR) is 58.2 cm³/mol. The maximum atomic E-state index is 10.8. The molecule has 0 amide bonds. The average Bonchev–Trinajstić information content (AvgIpc) is 2.26. The van der Waals surface area contributed by atoms with Gasteiger partial charge in [-0.1, -0.05) is 42.5 Å². The standard InChI is InChI=1S/C12H14O3/c1-9(13)12(15)11(14)8-7-10-5-3-2-4-6-10/h2-8,11-12,14-15H,1H3/b8-7+/t11-,12-/m1/s1. The third-order valence-corrected chi connectivity index (χ3v) is 2.03. The van der Waals surface area contributed by atoms with Crippen LogP contribution >= 0.6 is 0 Å². The molecule has 0 fully saturated rings. The summed E-state index contributed by atoms with van der Waals surface area (Å²) in [6.07, 6.45) is 0.575. The molecule has 0 bridgehead atoms. The van der Waals surface area contributed by atoms with Crippen LogP contribution in [-0.4, -0.2) is 28.2 Å². The lowest BCUT2D eigenvalue weighted by Gasteiger charge is -2.10. The topological polar surface area (TPSA) is 57.5 Å². The molecule has 0 saturated heterocycles. The zero-order valence-electron chi connectivity index (χ0n) is 8.50. The van der Waals surface area contributed by atoms with Crippen LogP contribution in [-0.2, 0) is 4.79 Å². The van der Waals surface area contributed by atoms with Gasteiger partial charge in [0.15, 0.2) is 5.78 Å². The van der Waals surface area contributed by atoms with Crippen LogP contribution in [0.3, 0.4) is 0 Å². The first-order valence-corrected chi connectivity index (χ1v) is 4.71. The lowest BCUT2D eigenvalue weighted by molar-refractivity contribution is -0.128. The van der Waals surface area contributed by atoms with Crippen molar-refractivity contribution < 1.29 is 15.0 Å². The highest BCUT2D eigenvalue weighted by atomic mass is 16.3. The van der Waals surface area contributed by atoms with E-state index in [1.165, 1.54) is 13.0 Å². The van der Waals surface area contributed by atoms with Gasteiger partial charge < -0.3 is 10.2 Å². The first-order valence-electron chi connectivity index (χ1n) is 4.71. The summed E-state index contributed by atoms with van der Waals surface area (Å²) in [4.78, 5) is 10.8. The minimum absolute atomic E-state index is 0.444. The Morgan fingerprint density at radius 2 is 1.87 bits per heavy atom. The van der Waals surface area contributed by atoms with Crippen molar-refractivity contribution in [3.8, 4) is 0 Å². The number of rotatable bonds is 4. The number of ketones is 1. The van der Waals surface area contributed by atoms with Gasteiger partial charge in [-0.2, -0.15) is 0 Å². The molecule has 0 aliphatic carbocycles. The predicted octanol–water partition coefficient (Wildman–Crippen LogP) is 1.01. The fraction of sp³-hybridized carbons (Fsp3) is 0.250. The second-order valence-electron chi connectivity index (χ2n) is 3.32. The minimum Gasteiger partial charge on any atom is -0.386 e. The van der Waals surface area contributed by atoms with Gasteiger partial charge >= 0.3 is 0 Å². The molecule has 0 aliphatic heterocycles. The monoisotopic (exact) mass is 206 g/mol. The number of Topliss-reactive ketones (excluding diaryl/α,β-unsaturated/α-hetero) is 1. The Kier molecular flexibility index (Phi) is 4.21. The number of benzene rings is 1. The molecule has 2 N–H and O–H groups in total. The SMILES string of the molecule is CC(=O)[C@@H](O)[C@H](O)/C=C/c1ccccc1. The highest BCUT2D eigenvalue weighted by Gasteiger charge is 2.17. The van der Waals surface area contributed by atoms with Crippen molar-refractivity contribution in [2.45, 2.75) is 19.1 Å². The first-order chi connectivity index (χ1) is 7.11. The molecular formula is C12H14O3. The average molecular weight is 206 g/mol. The number of aliphatic hydroxyl groups is 2. The van der Waals surface area contributed by atoms with Crippen LogP contribution in [0.4, 0.5) is 0 Å². The van der Waals surface area contributed by atoms with Crippen LogP contribution in [0.15, 0.2) is 36.4 Å². The molecule has 3 nitrogen and oxygen atoms in total. The summed E-state index contributed by atoms with van der Waals surface area (Å²) in [6, 6.07) is 9.35. The zero-order valence-corrected chi connectivity index (χ0v) is 8.50. The molecule has 2 atom stereocenters.